The highest BCUT2D eigenvalue weighted by Gasteiger charge is 2.27. The minimum absolute atomic E-state index is 0.0281. The minimum Gasteiger partial charge on any atom is -0.395 e. The molecular weight excluding hydrogens is 288 g/mol. The van der Waals surface area contributed by atoms with E-state index in [2.05, 4.69) is 22.5 Å². The molecule has 3 N–H and O–H groups in total. The van der Waals surface area contributed by atoms with Gasteiger partial charge in [-0.3, -0.25) is 9.59 Å². The first kappa shape index (κ1) is 17.2. The van der Waals surface area contributed by atoms with Gasteiger partial charge < -0.3 is 15.7 Å². The molecule has 0 fully saturated rings. The molecule has 1 aromatic rings. The first-order valence-electron chi connectivity index (χ1n) is 6.59. The topological polar surface area (TPSA) is 78.4 Å². The molecule has 0 bridgehead atoms. The summed E-state index contributed by atoms with van der Waals surface area (Å²) in [6.45, 7) is 3.82. The smallest absolute Gasteiger partial charge is 0.252 e. The second kappa shape index (κ2) is 7.81. The van der Waals surface area contributed by atoms with Crippen molar-refractivity contribution in [3.8, 4) is 11.8 Å². The number of rotatable bonds is 5. The van der Waals surface area contributed by atoms with Gasteiger partial charge in [-0.1, -0.05) is 11.8 Å². The maximum absolute atomic E-state index is 12.0. The Balaban J connectivity index is 2.61. The highest BCUT2D eigenvalue weighted by molar-refractivity contribution is 7.10. The summed E-state index contributed by atoms with van der Waals surface area (Å²) in [5.74, 6) is 5.35. The molecule has 0 aliphatic rings. The van der Waals surface area contributed by atoms with Gasteiger partial charge in [0.05, 0.1) is 22.5 Å². The summed E-state index contributed by atoms with van der Waals surface area (Å²) >= 11 is 1.38. The number of hydrogen-bond acceptors (Lipinski definition) is 4. The average Bonchev–Trinajstić information content (AvgIpc) is 2.93. The molecule has 0 saturated carbocycles. The molecule has 0 aromatic carbocycles. The van der Waals surface area contributed by atoms with E-state index in [1.165, 1.54) is 11.3 Å². The quantitative estimate of drug-likeness (QED) is 0.710. The molecule has 0 unspecified atom stereocenters. The van der Waals surface area contributed by atoms with Crippen LogP contribution in [0.15, 0.2) is 11.4 Å². The maximum Gasteiger partial charge on any atom is 0.252 e. The van der Waals surface area contributed by atoms with Gasteiger partial charge in [-0.2, -0.15) is 0 Å². The molecule has 1 aromatic heterocycles. The Kier molecular flexibility index (Phi) is 6.40. The predicted octanol–water partition coefficient (Wildman–Crippen LogP) is 0.984. The van der Waals surface area contributed by atoms with Crippen LogP contribution in [-0.2, 0) is 4.79 Å². The van der Waals surface area contributed by atoms with Gasteiger partial charge in [0.2, 0.25) is 5.91 Å². The van der Waals surface area contributed by atoms with Crippen LogP contribution in [0.2, 0.25) is 0 Å². The van der Waals surface area contributed by atoms with E-state index in [1.807, 2.05) is 0 Å². The number of amides is 2. The number of thiophene rings is 1. The van der Waals surface area contributed by atoms with Crippen LogP contribution < -0.4 is 10.6 Å². The summed E-state index contributed by atoms with van der Waals surface area (Å²) < 4.78 is 0. The van der Waals surface area contributed by atoms with Gasteiger partial charge in [0.1, 0.15) is 0 Å². The third-order valence-corrected chi connectivity index (χ3v) is 3.69. The lowest BCUT2D eigenvalue weighted by Crippen LogP contribution is -2.43. The van der Waals surface area contributed by atoms with E-state index in [0.717, 1.165) is 4.88 Å². The molecule has 2 amide bonds. The zero-order valence-electron chi connectivity index (χ0n) is 12.4. The molecule has 5 nitrogen and oxygen atoms in total. The minimum atomic E-state index is -0.663. The Labute approximate surface area is 128 Å². The van der Waals surface area contributed by atoms with Crippen LogP contribution in [0, 0.1) is 17.3 Å². The summed E-state index contributed by atoms with van der Waals surface area (Å²) in [7, 11) is 1.57. The van der Waals surface area contributed by atoms with Crippen molar-refractivity contribution in [2.45, 2.75) is 20.3 Å². The number of aliphatic hydroxyl groups excluding tert-OH is 1. The number of aliphatic hydroxyl groups is 1. The maximum atomic E-state index is 12.0. The fourth-order valence-electron chi connectivity index (χ4n) is 1.55. The first-order valence-corrected chi connectivity index (χ1v) is 7.47. The highest BCUT2D eigenvalue weighted by atomic mass is 32.1. The van der Waals surface area contributed by atoms with Crippen molar-refractivity contribution in [2.24, 2.45) is 5.41 Å². The van der Waals surface area contributed by atoms with Crippen molar-refractivity contribution in [3.63, 3.8) is 0 Å². The Bertz CT molecular complexity index is 567. The second-order valence-electron chi connectivity index (χ2n) is 5.12. The molecule has 114 valence electrons. The van der Waals surface area contributed by atoms with Crippen molar-refractivity contribution in [3.05, 3.63) is 21.9 Å². The van der Waals surface area contributed by atoms with Crippen LogP contribution in [0.1, 0.15) is 35.5 Å². The van der Waals surface area contributed by atoms with Crippen LogP contribution in [0.5, 0.6) is 0 Å². The summed E-state index contributed by atoms with van der Waals surface area (Å²) in [6, 6.07) is 1.71. The van der Waals surface area contributed by atoms with Crippen LogP contribution >= 0.6 is 11.3 Å². The van der Waals surface area contributed by atoms with Crippen molar-refractivity contribution in [1.82, 2.24) is 10.6 Å². The molecule has 0 aliphatic heterocycles. The van der Waals surface area contributed by atoms with Gasteiger partial charge in [-0.05, 0) is 19.9 Å². The fourth-order valence-corrected chi connectivity index (χ4v) is 2.30. The van der Waals surface area contributed by atoms with E-state index in [9.17, 15) is 9.59 Å². The monoisotopic (exact) mass is 308 g/mol. The van der Waals surface area contributed by atoms with Gasteiger partial charge >= 0.3 is 0 Å². The Morgan fingerprint density at radius 1 is 1.43 bits per heavy atom. The Morgan fingerprint density at radius 2 is 2.14 bits per heavy atom. The van der Waals surface area contributed by atoms with Gasteiger partial charge in [-0.25, -0.2) is 0 Å². The largest absolute Gasteiger partial charge is 0.395 e. The number of carbonyl (C=O) groups is 2. The molecule has 0 atom stereocenters. The second-order valence-corrected chi connectivity index (χ2v) is 6.03. The number of carbonyl (C=O) groups excluding carboxylic acids is 2. The fraction of sp³-hybridized carbons (Fsp3) is 0.467. The predicted molar refractivity (Wildman–Crippen MR) is 83.1 cm³/mol. The van der Waals surface area contributed by atoms with Crippen molar-refractivity contribution in [2.75, 3.05) is 20.2 Å². The molecule has 1 heterocycles. The van der Waals surface area contributed by atoms with E-state index in [1.54, 1.807) is 32.3 Å². The van der Waals surface area contributed by atoms with Crippen LogP contribution in [-0.4, -0.2) is 37.1 Å². The summed E-state index contributed by atoms with van der Waals surface area (Å²) in [5, 5.41) is 15.7. The standard InChI is InChI=1S/C15H20N2O3S/c1-15(2,14(20)16-3)10-17-13(19)11-8-12(21-9-11)6-4-5-7-18/h8-9,18H,5,7,10H2,1-3H3,(H,16,20)(H,17,19). The molecule has 0 radical (unpaired) electrons. The summed E-state index contributed by atoms with van der Waals surface area (Å²) in [4.78, 5) is 24.4. The molecule has 0 saturated heterocycles. The molecule has 21 heavy (non-hydrogen) atoms. The summed E-state index contributed by atoms with van der Waals surface area (Å²) in [6.07, 6.45) is 0.416. The average molecular weight is 308 g/mol. The Morgan fingerprint density at radius 3 is 2.76 bits per heavy atom. The highest BCUT2D eigenvalue weighted by Crippen LogP contribution is 2.16. The van der Waals surface area contributed by atoms with Crippen LogP contribution in [0.3, 0.4) is 0 Å². The molecule has 1 rings (SSSR count). The van der Waals surface area contributed by atoms with Gasteiger partial charge in [0.25, 0.3) is 5.91 Å². The molecule has 0 spiro atoms. The zero-order chi connectivity index (χ0) is 15.9. The lowest BCUT2D eigenvalue weighted by Gasteiger charge is -2.22. The summed E-state index contributed by atoms with van der Waals surface area (Å²) in [5.41, 5.74) is -0.134. The first-order chi connectivity index (χ1) is 9.90. The van der Waals surface area contributed by atoms with Gasteiger partial charge in [-0.15, -0.1) is 11.3 Å². The SMILES string of the molecule is CNC(=O)C(C)(C)CNC(=O)c1csc(C#CCCO)c1. The third-order valence-electron chi connectivity index (χ3n) is 2.84. The van der Waals surface area contributed by atoms with Crippen molar-refractivity contribution in [1.29, 1.82) is 0 Å². The molecular formula is C15H20N2O3S. The normalized spacial score (nSPS) is 10.5. The number of hydrogen-bond donors (Lipinski definition) is 3. The van der Waals surface area contributed by atoms with Crippen molar-refractivity contribution >= 4 is 23.2 Å². The van der Waals surface area contributed by atoms with Crippen molar-refractivity contribution < 1.29 is 14.7 Å². The van der Waals surface area contributed by atoms with Crippen LogP contribution in [0.4, 0.5) is 0 Å². The van der Waals surface area contributed by atoms with E-state index in [-0.39, 0.29) is 25.0 Å². The molecule has 0 aliphatic carbocycles. The van der Waals surface area contributed by atoms with E-state index in [0.29, 0.717) is 12.0 Å². The van der Waals surface area contributed by atoms with Crippen LogP contribution in [0.25, 0.3) is 0 Å². The Hall–Kier alpha value is -1.84. The lowest BCUT2D eigenvalue weighted by atomic mass is 9.92. The van der Waals surface area contributed by atoms with Gasteiger partial charge in [0, 0.05) is 25.4 Å². The molecule has 6 heteroatoms. The zero-order valence-corrected chi connectivity index (χ0v) is 13.3. The van der Waals surface area contributed by atoms with Gasteiger partial charge in [0.15, 0.2) is 0 Å². The van der Waals surface area contributed by atoms with E-state index >= 15 is 0 Å². The number of nitrogens with one attached hydrogen (secondary N) is 2. The van der Waals surface area contributed by atoms with E-state index in [4.69, 9.17) is 5.11 Å². The third kappa shape index (κ3) is 5.21. The lowest BCUT2D eigenvalue weighted by molar-refractivity contribution is -0.128. The van der Waals surface area contributed by atoms with E-state index < -0.39 is 5.41 Å².